The minimum absolute atomic E-state index is 0. The van der Waals surface area contributed by atoms with Crippen molar-refractivity contribution in [3.05, 3.63) is 59.9 Å². The molecule has 112 valence electrons. The number of benzene rings is 1. The molecule has 0 radical (unpaired) electrons. The molecule has 4 nitrogen and oxygen atoms in total. The highest BCUT2D eigenvalue weighted by molar-refractivity contribution is 5.69. The van der Waals surface area contributed by atoms with Crippen molar-refractivity contribution in [2.75, 3.05) is 6.61 Å². The third kappa shape index (κ3) is 6.12. The Hall–Kier alpha value is -1.63. The number of hydrogen-bond acceptors (Lipinski definition) is 2. The number of rotatable bonds is 6. The number of ether oxygens (including phenoxy) is 1. The van der Waals surface area contributed by atoms with Gasteiger partial charge in [-0.1, -0.05) is 12.1 Å². The fraction of sp³-hybridized carbons (Fsp3) is 0.250. The quantitative estimate of drug-likeness (QED) is 0.501. The third-order valence-electron chi connectivity index (χ3n) is 2.88. The molecule has 0 bridgehead atoms. The van der Waals surface area contributed by atoms with Crippen molar-refractivity contribution in [3.8, 4) is 5.75 Å². The van der Waals surface area contributed by atoms with Gasteiger partial charge in [-0.2, -0.15) is 0 Å². The molecular weight excluding hydrogens is 381 g/mol. The average Bonchev–Trinajstić information content (AvgIpc) is 2.38. The Morgan fingerprint density at radius 3 is 2.81 bits per heavy atom. The summed E-state index contributed by atoms with van der Waals surface area (Å²) in [5.41, 5.74) is 1.95. The molecule has 2 aromatic rings. The predicted octanol–water partition coefficient (Wildman–Crippen LogP) is -1.01. The van der Waals surface area contributed by atoms with Gasteiger partial charge in [0.25, 0.3) is 0 Å². The first-order chi connectivity index (χ1) is 9.63. The van der Waals surface area contributed by atoms with Gasteiger partial charge >= 0.3 is 5.97 Å². The maximum absolute atomic E-state index is 10.7. The Kier molecular flexibility index (Phi) is 7.14. The summed E-state index contributed by atoms with van der Waals surface area (Å²) in [5, 5.41) is 8.77. The van der Waals surface area contributed by atoms with Crippen LogP contribution in [0.1, 0.15) is 11.1 Å². The Bertz CT molecular complexity index is 602. The zero-order chi connectivity index (χ0) is 14.4. The summed E-state index contributed by atoms with van der Waals surface area (Å²) < 4.78 is 7.61. The Morgan fingerprint density at radius 1 is 1.29 bits per heavy atom. The molecule has 1 aromatic heterocycles. The second-order valence-corrected chi connectivity index (χ2v) is 4.69. The van der Waals surface area contributed by atoms with E-state index in [0.29, 0.717) is 13.2 Å². The van der Waals surface area contributed by atoms with Crippen LogP contribution in [-0.2, 0) is 17.8 Å². The second kappa shape index (κ2) is 8.61. The maximum atomic E-state index is 10.7. The number of carboxylic acid groups (broad SMARTS) is 1. The molecule has 0 spiro atoms. The van der Waals surface area contributed by atoms with Crippen molar-refractivity contribution in [2.24, 2.45) is 0 Å². The SMILES string of the molecule is Cc1cccc(OCC[n+]2cccc(CC(=O)O)c2)c1.[I-]. The highest BCUT2D eigenvalue weighted by Crippen LogP contribution is 2.11. The molecule has 0 saturated carbocycles. The molecule has 1 N–H and O–H groups in total. The lowest BCUT2D eigenvalue weighted by molar-refractivity contribution is -0.697. The number of halogens is 1. The first-order valence-corrected chi connectivity index (χ1v) is 6.53. The van der Waals surface area contributed by atoms with E-state index in [-0.39, 0.29) is 30.4 Å². The number of hydrogen-bond donors (Lipinski definition) is 1. The number of aryl methyl sites for hydroxylation is 1. The van der Waals surface area contributed by atoms with Crippen molar-refractivity contribution in [1.29, 1.82) is 0 Å². The van der Waals surface area contributed by atoms with Crippen LogP contribution in [0.15, 0.2) is 48.8 Å². The van der Waals surface area contributed by atoms with Gasteiger partial charge in [0.05, 0.1) is 6.42 Å². The highest BCUT2D eigenvalue weighted by Gasteiger charge is 2.06. The first-order valence-electron chi connectivity index (χ1n) is 6.53. The number of carboxylic acids is 1. The number of carbonyl (C=O) groups is 1. The molecule has 0 aliphatic heterocycles. The van der Waals surface area contributed by atoms with Crippen molar-refractivity contribution in [1.82, 2.24) is 0 Å². The lowest BCUT2D eigenvalue weighted by Gasteiger charge is -2.05. The van der Waals surface area contributed by atoms with Crippen LogP contribution in [0.5, 0.6) is 5.75 Å². The number of pyridine rings is 1. The van der Waals surface area contributed by atoms with E-state index in [0.717, 1.165) is 11.3 Å². The van der Waals surface area contributed by atoms with Crippen LogP contribution in [0.3, 0.4) is 0 Å². The van der Waals surface area contributed by atoms with Crippen molar-refractivity contribution in [3.63, 3.8) is 0 Å². The summed E-state index contributed by atoms with van der Waals surface area (Å²) in [6.07, 6.45) is 3.79. The van der Waals surface area contributed by atoms with E-state index >= 15 is 0 Å². The fourth-order valence-corrected chi connectivity index (χ4v) is 1.97. The van der Waals surface area contributed by atoms with E-state index in [1.165, 1.54) is 5.56 Å². The van der Waals surface area contributed by atoms with Crippen LogP contribution in [0.4, 0.5) is 0 Å². The Labute approximate surface area is 141 Å². The van der Waals surface area contributed by atoms with Gasteiger partial charge in [-0.05, 0) is 30.7 Å². The van der Waals surface area contributed by atoms with Gasteiger partial charge < -0.3 is 33.8 Å². The van der Waals surface area contributed by atoms with Gasteiger partial charge in [0.2, 0.25) is 0 Å². The van der Waals surface area contributed by atoms with Crippen molar-refractivity contribution < 1.29 is 43.2 Å². The van der Waals surface area contributed by atoms with E-state index in [9.17, 15) is 4.79 Å². The number of aliphatic carboxylic acids is 1. The van der Waals surface area contributed by atoms with Crippen LogP contribution >= 0.6 is 0 Å². The topological polar surface area (TPSA) is 50.4 Å². The van der Waals surface area contributed by atoms with Crippen LogP contribution in [0.25, 0.3) is 0 Å². The van der Waals surface area contributed by atoms with Gasteiger partial charge in [0, 0.05) is 11.6 Å². The van der Waals surface area contributed by atoms with E-state index < -0.39 is 5.97 Å². The molecule has 1 aromatic carbocycles. The molecule has 0 aliphatic carbocycles. The smallest absolute Gasteiger partial charge is 0.308 e. The van der Waals surface area contributed by atoms with Crippen molar-refractivity contribution in [2.45, 2.75) is 19.9 Å². The van der Waals surface area contributed by atoms with E-state index in [1.807, 2.05) is 60.3 Å². The summed E-state index contributed by atoms with van der Waals surface area (Å²) >= 11 is 0. The summed E-state index contributed by atoms with van der Waals surface area (Å²) in [6.45, 7) is 3.25. The molecule has 0 atom stereocenters. The third-order valence-corrected chi connectivity index (χ3v) is 2.88. The normalized spacial score (nSPS) is 9.76. The standard InChI is InChI=1S/C16H17NO3.HI/c1-13-4-2-6-15(10-13)20-9-8-17-7-3-5-14(12-17)11-16(18)19;/h2-7,10,12H,8-9,11H2,1H3;1H. The van der Waals surface area contributed by atoms with Crippen LogP contribution in [-0.4, -0.2) is 17.7 Å². The van der Waals surface area contributed by atoms with Gasteiger partial charge in [-0.15, -0.1) is 0 Å². The van der Waals surface area contributed by atoms with Gasteiger partial charge in [0.15, 0.2) is 18.9 Å². The zero-order valence-electron chi connectivity index (χ0n) is 11.8. The minimum atomic E-state index is -0.821. The second-order valence-electron chi connectivity index (χ2n) is 4.69. The summed E-state index contributed by atoms with van der Waals surface area (Å²) in [4.78, 5) is 10.7. The van der Waals surface area contributed by atoms with E-state index in [1.54, 1.807) is 0 Å². The predicted molar refractivity (Wildman–Crippen MR) is 74.7 cm³/mol. The molecule has 2 rings (SSSR count). The summed E-state index contributed by atoms with van der Waals surface area (Å²) in [6, 6.07) is 11.6. The first kappa shape index (κ1) is 17.4. The number of nitrogens with zero attached hydrogens (tertiary/aromatic N) is 1. The highest BCUT2D eigenvalue weighted by atomic mass is 127. The molecule has 0 saturated heterocycles. The Balaban J connectivity index is 0.00000220. The number of aromatic nitrogens is 1. The van der Waals surface area contributed by atoms with Gasteiger partial charge in [0.1, 0.15) is 12.4 Å². The molecule has 1 heterocycles. The molecular formula is C16H18INO3. The van der Waals surface area contributed by atoms with E-state index in [2.05, 4.69) is 0 Å². The molecule has 0 aliphatic rings. The molecule has 0 unspecified atom stereocenters. The minimum Gasteiger partial charge on any atom is -1.00 e. The fourth-order valence-electron chi connectivity index (χ4n) is 1.97. The molecule has 0 amide bonds. The Morgan fingerprint density at radius 2 is 2.10 bits per heavy atom. The average molecular weight is 399 g/mol. The van der Waals surface area contributed by atoms with Gasteiger partial charge in [-0.25, -0.2) is 4.57 Å². The maximum Gasteiger partial charge on any atom is 0.308 e. The van der Waals surface area contributed by atoms with Gasteiger partial charge in [-0.3, -0.25) is 4.79 Å². The molecule has 21 heavy (non-hydrogen) atoms. The van der Waals surface area contributed by atoms with E-state index in [4.69, 9.17) is 9.84 Å². The lowest BCUT2D eigenvalue weighted by atomic mass is 10.2. The van der Waals surface area contributed by atoms with Crippen molar-refractivity contribution >= 4 is 5.97 Å². The lowest BCUT2D eigenvalue weighted by Crippen LogP contribution is -3.00. The van der Waals surface area contributed by atoms with Crippen LogP contribution in [0, 0.1) is 6.92 Å². The van der Waals surface area contributed by atoms with Crippen LogP contribution < -0.4 is 33.3 Å². The summed E-state index contributed by atoms with van der Waals surface area (Å²) in [5.74, 6) is 0.0334. The summed E-state index contributed by atoms with van der Waals surface area (Å²) in [7, 11) is 0. The monoisotopic (exact) mass is 399 g/mol. The largest absolute Gasteiger partial charge is 1.00 e. The van der Waals surface area contributed by atoms with Crippen LogP contribution in [0.2, 0.25) is 0 Å². The zero-order valence-corrected chi connectivity index (χ0v) is 14.0. The molecule has 5 heteroatoms. The molecule has 0 fully saturated rings.